The van der Waals surface area contributed by atoms with Gasteiger partial charge in [-0.2, -0.15) is 8.75 Å². The molecule has 0 saturated heterocycles. The summed E-state index contributed by atoms with van der Waals surface area (Å²) in [6.45, 7) is 0.457. The fourth-order valence-corrected chi connectivity index (χ4v) is 3.65. The number of nitrogens with zero attached hydrogens (tertiary/aromatic N) is 2. The SMILES string of the molecule is O=C(NC(=S)Nc1c(Cl)ccc2nsnc12)c1ccc(OCc2ccccc2)cc1. The van der Waals surface area contributed by atoms with Crippen LogP contribution in [-0.2, 0) is 6.61 Å². The van der Waals surface area contributed by atoms with Gasteiger partial charge in [0, 0.05) is 5.56 Å². The molecule has 0 aliphatic heterocycles. The predicted molar refractivity (Wildman–Crippen MR) is 123 cm³/mol. The van der Waals surface area contributed by atoms with E-state index in [1.165, 1.54) is 0 Å². The molecule has 9 heteroatoms. The summed E-state index contributed by atoms with van der Waals surface area (Å²) >= 11 is 12.6. The lowest BCUT2D eigenvalue weighted by Gasteiger charge is -2.11. The van der Waals surface area contributed by atoms with Crippen molar-refractivity contribution >= 4 is 63.3 Å². The third-order valence-electron chi connectivity index (χ3n) is 4.21. The van der Waals surface area contributed by atoms with Gasteiger partial charge >= 0.3 is 0 Å². The number of amides is 1. The first-order valence-corrected chi connectivity index (χ1v) is 10.4. The van der Waals surface area contributed by atoms with Gasteiger partial charge in [0.1, 0.15) is 23.4 Å². The standard InChI is InChI=1S/C21H15ClN4O2S2/c22-16-10-11-17-19(26-30-25-17)18(16)23-21(29)24-20(27)14-6-8-15(9-7-14)28-12-13-4-2-1-3-5-13/h1-11H,12H2,(H2,23,24,27,29). The average molecular weight is 455 g/mol. The van der Waals surface area contributed by atoms with Gasteiger partial charge in [-0.3, -0.25) is 10.1 Å². The number of hydrogen-bond acceptors (Lipinski definition) is 6. The number of hydrogen-bond donors (Lipinski definition) is 2. The monoisotopic (exact) mass is 454 g/mol. The van der Waals surface area contributed by atoms with Crippen molar-refractivity contribution in [3.8, 4) is 5.75 Å². The van der Waals surface area contributed by atoms with Crippen LogP contribution in [0.5, 0.6) is 5.75 Å². The first kappa shape index (κ1) is 20.2. The van der Waals surface area contributed by atoms with Gasteiger partial charge < -0.3 is 10.1 Å². The van der Waals surface area contributed by atoms with E-state index in [0.29, 0.717) is 39.7 Å². The molecule has 3 aromatic carbocycles. The second kappa shape index (κ2) is 9.17. The highest BCUT2D eigenvalue weighted by Gasteiger charge is 2.13. The van der Waals surface area contributed by atoms with E-state index in [2.05, 4.69) is 19.4 Å². The molecule has 0 fully saturated rings. The summed E-state index contributed by atoms with van der Waals surface area (Å²) < 4.78 is 14.1. The Morgan fingerprint density at radius 1 is 1.03 bits per heavy atom. The van der Waals surface area contributed by atoms with Crippen molar-refractivity contribution in [1.29, 1.82) is 0 Å². The Balaban J connectivity index is 1.37. The molecule has 0 aliphatic carbocycles. The lowest BCUT2D eigenvalue weighted by Crippen LogP contribution is -2.34. The summed E-state index contributed by atoms with van der Waals surface area (Å²) in [5, 5.41) is 6.13. The average Bonchev–Trinajstić information content (AvgIpc) is 3.24. The number of anilines is 1. The Hall–Kier alpha value is -3.07. The predicted octanol–water partition coefficient (Wildman–Crippen LogP) is 5.05. The number of halogens is 1. The normalized spacial score (nSPS) is 10.6. The third kappa shape index (κ3) is 4.73. The van der Waals surface area contributed by atoms with Crippen LogP contribution in [0.25, 0.3) is 11.0 Å². The van der Waals surface area contributed by atoms with Gasteiger partial charge in [-0.1, -0.05) is 41.9 Å². The van der Waals surface area contributed by atoms with Crippen molar-refractivity contribution in [1.82, 2.24) is 14.1 Å². The summed E-state index contributed by atoms with van der Waals surface area (Å²) in [6, 6.07) is 20.2. The highest BCUT2D eigenvalue weighted by Crippen LogP contribution is 2.29. The Bertz CT molecular complexity index is 1200. The van der Waals surface area contributed by atoms with Crippen LogP contribution in [0.2, 0.25) is 5.02 Å². The minimum Gasteiger partial charge on any atom is -0.489 e. The minimum atomic E-state index is -0.346. The number of thiocarbonyl (C=S) groups is 1. The molecular formula is C21H15ClN4O2S2. The molecule has 0 spiro atoms. The van der Waals surface area contributed by atoms with Gasteiger partial charge in [-0.05, 0) is 54.2 Å². The maximum absolute atomic E-state index is 12.5. The van der Waals surface area contributed by atoms with E-state index < -0.39 is 0 Å². The van der Waals surface area contributed by atoms with Crippen LogP contribution in [-0.4, -0.2) is 19.8 Å². The Morgan fingerprint density at radius 2 is 1.80 bits per heavy atom. The van der Waals surface area contributed by atoms with E-state index in [4.69, 9.17) is 28.6 Å². The van der Waals surface area contributed by atoms with Crippen molar-refractivity contribution in [3.05, 3.63) is 82.9 Å². The molecule has 0 atom stereocenters. The maximum Gasteiger partial charge on any atom is 0.257 e. The lowest BCUT2D eigenvalue weighted by atomic mass is 10.2. The largest absolute Gasteiger partial charge is 0.489 e. The number of fused-ring (bicyclic) bond motifs is 1. The molecule has 6 nitrogen and oxygen atoms in total. The van der Waals surface area contributed by atoms with Crippen LogP contribution >= 0.6 is 35.5 Å². The summed E-state index contributed by atoms with van der Waals surface area (Å²) in [5.74, 6) is 0.326. The number of nitrogens with one attached hydrogen (secondary N) is 2. The van der Waals surface area contributed by atoms with Crippen molar-refractivity contribution in [2.45, 2.75) is 6.61 Å². The van der Waals surface area contributed by atoms with Gasteiger partial charge in [0.05, 0.1) is 22.4 Å². The number of benzene rings is 3. The molecular weight excluding hydrogens is 440 g/mol. The fourth-order valence-electron chi connectivity index (χ4n) is 2.71. The number of aromatic nitrogens is 2. The first-order chi connectivity index (χ1) is 14.6. The molecule has 1 aromatic heterocycles. The maximum atomic E-state index is 12.5. The zero-order chi connectivity index (χ0) is 20.9. The van der Waals surface area contributed by atoms with Crippen LogP contribution in [0, 0.1) is 0 Å². The highest BCUT2D eigenvalue weighted by molar-refractivity contribution is 7.80. The molecule has 4 rings (SSSR count). The molecule has 0 radical (unpaired) electrons. The van der Waals surface area contributed by atoms with Crippen LogP contribution in [0.3, 0.4) is 0 Å². The van der Waals surface area contributed by atoms with Gasteiger partial charge in [-0.25, -0.2) is 0 Å². The molecule has 150 valence electrons. The quantitative estimate of drug-likeness (QED) is 0.411. The molecule has 0 bridgehead atoms. The molecule has 0 unspecified atom stereocenters. The second-order valence-corrected chi connectivity index (χ2v) is 7.61. The molecule has 4 aromatic rings. The Kier molecular flexibility index (Phi) is 6.18. The van der Waals surface area contributed by atoms with Gasteiger partial charge in [0.25, 0.3) is 5.91 Å². The fraction of sp³-hybridized carbons (Fsp3) is 0.0476. The summed E-state index contributed by atoms with van der Waals surface area (Å²) in [5.41, 5.74) is 3.33. The van der Waals surface area contributed by atoms with E-state index in [0.717, 1.165) is 17.3 Å². The number of carbonyl (C=O) groups excluding carboxylic acids is 1. The van der Waals surface area contributed by atoms with E-state index in [9.17, 15) is 4.79 Å². The molecule has 0 saturated carbocycles. The van der Waals surface area contributed by atoms with Crippen molar-refractivity contribution in [2.75, 3.05) is 5.32 Å². The summed E-state index contributed by atoms with van der Waals surface area (Å²) in [7, 11) is 0. The van der Waals surface area contributed by atoms with Crippen molar-refractivity contribution < 1.29 is 9.53 Å². The molecule has 0 aliphatic rings. The minimum absolute atomic E-state index is 0.117. The zero-order valence-corrected chi connectivity index (χ0v) is 17.9. The molecule has 30 heavy (non-hydrogen) atoms. The topological polar surface area (TPSA) is 76.1 Å². The highest BCUT2D eigenvalue weighted by atomic mass is 35.5. The van der Waals surface area contributed by atoms with Gasteiger partial charge in [0.15, 0.2) is 5.11 Å². The Labute approximate surface area is 187 Å². The second-order valence-electron chi connectivity index (χ2n) is 6.26. The summed E-state index contributed by atoms with van der Waals surface area (Å²) in [4.78, 5) is 12.5. The zero-order valence-electron chi connectivity index (χ0n) is 15.5. The van der Waals surface area contributed by atoms with E-state index >= 15 is 0 Å². The molecule has 1 heterocycles. The van der Waals surface area contributed by atoms with Crippen molar-refractivity contribution in [3.63, 3.8) is 0 Å². The van der Waals surface area contributed by atoms with E-state index in [-0.39, 0.29) is 11.0 Å². The van der Waals surface area contributed by atoms with Crippen molar-refractivity contribution in [2.24, 2.45) is 0 Å². The van der Waals surface area contributed by atoms with Crippen LogP contribution in [0.1, 0.15) is 15.9 Å². The lowest BCUT2D eigenvalue weighted by molar-refractivity contribution is 0.0977. The van der Waals surface area contributed by atoms with E-state index in [1.807, 2.05) is 30.3 Å². The Morgan fingerprint density at radius 3 is 2.57 bits per heavy atom. The summed E-state index contributed by atoms with van der Waals surface area (Å²) in [6.07, 6.45) is 0. The number of rotatable bonds is 5. The van der Waals surface area contributed by atoms with Crippen LogP contribution < -0.4 is 15.4 Å². The van der Waals surface area contributed by atoms with Gasteiger partial charge in [0.2, 0.25) is 0 Å². The van der Waals surface area contributed by atoms with E-state index in [1.54, 1.807) is 36.4 Å². The number of carbonyl (C=O) groups is 1. The number of ether oxygens (including phenoxy) is 1. The van der Waals surface area contributed by atoms with Crippen LogP contribution in [0.15, 0.2) is 66.7 Å². The molecule has 2 N–H and O–H groups in total. The van der Waals surface area contributed by atoms with Crippen LogP contribution in [0.4, 0.5) is 5.69 Å². The van der Waals surface area contributed by atoms with Gasteiger partial charge in [-0.15, -0.1) is 0 Å². The first-order valence-electron chi connectivity index (χ1n) is 8.90. The molecule has 1 amide bonds. The third-order valence-corrected chi connectivity index (χ3v) is 5.27. The smallest absolute Gasteiger partial charge is 0.257 e.